The Morgan fingerprint density at radius 2 is 1.64 bits per heavy atom. The molecule has 0 spiro atoms. The molecule has 2 aromatic rings. The van der Waals surface area contributed by atoms with E-state index < -0.39 is 6.09 Å². The lowest BCUT2D eigenvalue weighted by Crippen LogP contribution is -2.23. The normalized spacial score (nSPS) is 12.9. The van der Waals surface area contributed by atoms with Crippen LogP contribution in [-0.4, -0.2) is 20.3 Å². The minimum atomic E-state index is -0.445. The number of carbonyl (C=O) groups excluding carboxylic acids is 1. The minimum absolute atomic E-state index is 0.445. The molecule has 0 saturated carbocycles. The second kappa shape index (κ2) is 7.92. The van der Waals surface area contributed by atoms with Crippen molar-refractivity contribution in [2.75, 3.05) is 14.2 Å². The first-order valence-corrected chi connectivity index (χ1v) is 8.51. The summed E-state index contributed by atoms with van der Waals surface area (Å²) in [7, 11) is 3.21. The van der Waals surface area contributed by atoms with E-state index in [-0.39, 0.29) is 0 Å². The summed E-state index contributed by atoms with van der Waals surface area (Å²) in [6.45, 7) is 0.492. The van der Waals surface area contributed by atoms with Gasteiger partial charge in [0, 0.05) is 18.2 Å². The van der Waals surface area contributed by atoms with Gasteiger partial charge in [-0.2, -0.15) is 0 Å². The van der Waals surface area contributed by atoms with Gasteiger partial charge in [0.2, 0.25) is 0 Å². The van der Waals surface area contributed by atoms with Crippen LogP contribution >= 0.6 is 0 Å². The Kier molecular flexibility index (Phi) is 5.43. The standard InChI is InChI=1S/C20H23NO4/c1-21-20(22)25-19-12-11-18(16-5-3-4-6-17(16)19)24-13-14-7-9-15(23-2)10-8-14/h7-12H,3-6,13H2,1-2H3,(H,21,22). The van der Waals surface area contributed by atoms with Gasteiger partial charge >= 0.3 is 6.09 Å². The Morgan fingerprint density at radius 3 is 2.28 bits per heavy atom. The number of rotatable bonds is 5. The lowest BCUT2D eigenvalue weighted by Gasteiger charge is -2.22. The number of fused-ring (bicyclic) bond motifs is 1. The molecule has 1 N–H and O–H groups in total. The van der Waals surface area contributed by atoms with E-state index in [0.717, 1.165) is 53.9 Å². The zero-order chi connectivity index (χ0) is 17.6. The van der Waals surface area contributed by atoms with Crippen molar-refractivity contribution in [3.63, 3.8) is 0 Å². The van der Waals surface area contributed by atoms with Crippen molar-refractivity contribution in [3.8, 4) is 17.2 Å². The van der Waals surface area contributed by atoms with Gasteiger partial charge in [0.25, 0.3) is 0 Å². The third-order valence-corrected chi connectivity index (χ3v) is 4.41. The molecule has 0 unspecified atom stereocenters. The van der Waals surface area contributed by atoms with Crippen molar-refractivity contribution in [2.45, 2.75) is 32.3 Å². The van der Waals surface area contributed by atoms with Gasteiger partial charge < -0.3 is 19.5 Å². The molecule has 0 aliphatic heterocycles. The second-order valence-corrected chi connectivity index (χ2v) is 6.00. The third kappa shape index (κ3) is 4.05. The monoisotopic (exact) mass is 341 g/mol. The Hall–Kier alpha value is -2.69. The summed E-state index contributed by atoms with van der Waals surface area (Å²) in [5.41, 5.74) is 3.32. The number of ether oxygens (including phenoxy) is 3. The van der Waals surface area contributed by atoms with Crippen molar-refractivity contribution in [1.29, 1.82) is 0 Å². The van der Waals surface area contributed by atoms with Crippen LogP contribution in [0.15, 0.2) is 36.4 Å². The fourth-order valence-electron chi connectivity index (χ4n) is 3.07. The molecule has 3 rings (SSSR count). The maximum absolute atomic E-state index is 11.5. The van der Waals surface area contributed by atoms with Crippen LogP contribution in [-0.2, 0) is 19.4 Å². The molecule has 5 heteroatoms. The number of hydrogen-bond acceptors (Lipinski definition) is 4. The van der Waals surface area contributed by atoms with E-state index in [1.807, 2.05) is 36.4 Å². The predicted octanol–water partition coefficient (Wildman–Crippen LogP) is 3.87. The van der Waals surface area contributed by atoms with Crippen LogP contribution in [0.3, 0.4) is 0 Å². The van der Waals surface area contributed by atoms with E-state index in [4.69, 9.17) is 14.2 Å². The molecule has 1 aliphatic rings. The Bertz CT molecular complexity index is 740. The first-order chi connectivity index (χ1) is 12.2. The van der Waals surface area contributed by atoms with E-state index >= 15 is 0 Å². The van der Waals surface area contributed by atoms with E-state index in [2.05, 4.69) is 5.32 Å². The molecule has 0 bridgehead atoms. The van der Waals surface area contributed by atoms with Crippen LogP contribution in [0, 0.1) is 0 Å². The fourth-order valence-corrected chi connectivity index (χ4v) is 3.07. The highest BCUT2D eigenvalue weighted by atomic mass is 16.6. The van der Waals surface area contributed by atoms with Crippen molar-refractivity contribution in [3.05, 3.63) is 53.1 Å². The quantitative estimate of drug-likeness (QED) is 0.897. The maximum Gasteiger partial charge on any atom is 0.412 e. The number of hydrogen-bond donors (Lipinski definition) is 1. The van der Waals surface area contributed by atoms with Crippen LogP contribution in [0.25, 0.3) is 0 Å². The molecule has 1 amide bonds. The molecular weight excluding hydrogens is 318 g/mol. The number of benzene rings is 2. The van der Waals surface area contributed by atoms with E-state index in [1.165, 1.54) is 0 Å². The van der Waals surface area contributed by atoms with Gasteiger partial charge in [-0.1, -0.05) is 12.1 Å². The summed E-state index contributed by atoms with van der Waals surface area (Å²) < 4.78 is 16.6. The molecule has 0 aromatic heterocycles. The predicted molar refractivity (Wildman–Crippen MR) is 95.5 cm³/mol. The summed E-state index contributed by atoms with van der Waals surface area (Å²) in [4.78, 5) is 11.5. The van der Waals surface area contributed by atoms with Crippen molar-refractivity contribution in [1.82, 2.24) is 5.32 Å². The van der Waals surface area contributed by atoms with Crippen molar-refractivity contribution in [2.24, 2.45) is 0 Å². The minimum Gasteiger partial charge on any atom is -0.497 e. The van der Waals surface area contributed by atoms with Gasteiger partial charge in [-0.05, 0) is 55.5 Å². The number of carbonyl (C=O) groups is 1. The summed E-state index contributed by atoms with van der Waals surface area (Å²) >= 11 is 0. The largest absolute Gasteiger partial charge is 0.497 e. The summed E-state index contributed by atoms with van der Waals surface area (Å²) in [5, 5.41) is 2.49. The van der Waals surface area contributed by atoms with Gasteiger partial charge in [0.1, 0.15) is 23.9 Å². The van der Waals surface area contributed by atoms with Gasteiger partial charge in [0.15, 0.2) is 0 Å². The number of methoxy groups -OCH3 is 1. The molecule has 5 nitrogen and oxygen atoms in total. The van der Waals surface area contributed by atoms with E-state index in [1.54, 1.807) is 14.2 Å². The molecule has 132 valence electrons. The van der Waals surface area contributed by atoms with Gasteiger partial charge in [-0.3, -0.25) is 0 Å². The van der Waals surface area contributed by atoms with Crippen LogP contribution < -0.4 is 19.5 Å². The number of nitrogens with one attached hydrogen (secondary N) is 1. The second-order valence-electron chi connectivity index (χ2n) is 6.00. The van der Waals surface area contributed by atoms with Gasteiger partial charge in [-0.15, -0.1) is 0 Å². The van der Waals surface area contributed by atoms with Crippen molar-refractivity contribution < 1.29 is 19.0 Å². The average molecular weight is 341 g/mol. The maximum atomic E-state index is 11.5. The highest BCUT2D eigenvalue weighted by molar-refractivity contribution is 5.71. The highest BCUT2D eigenvalue weighted by Crippen LogP contribution is 2.36. The summed E-state index contributed by atoms with van der Waals surface area (Å²) in [6, 6.07) is 11.6. The van der Waals surface area contributed by atoms with Crippen LogP contribution in [0.4, 0.5) is 4.79 Å². The van der Waals surface area contributed by atoms with Gasteiger partial charge in [0.05, 0.1) is 7.11 Å². The third-order valence-electron chi connectivity index (χ3n) is 4.41. The molecule has 0 radical (unpaired) electrons. The molecule has 0 heterocycles. The first-order valence-electron chi connectivity index (χ1n) is 8.51. The zero-order valence-corrected chi connectivity index (χ0v) is 14.6. The summed E-state index contributed by atoms with van der Waals surface area (Å²) in [6.07, 6.45) is 3.62. The Labute approximate surface area is 147 Å². The molecule has 25 heavy (non-hydrogen) atoms. The highest BCUT2D eigenvalue weighted by Gasteiger charge is 2.20. The Morgan fingerprint density at radius 1 is 1.00 bits per heavy atom. The summed E-state index contributed by atoms with van der Waals surface area (Å²) in [5.74, 6) is 2.33. The molecule has 0 atom stereocenters. The molecule has 0 saturated heterocycles. The number of amides is 1. The molecule has 1 aliphatic carbocycles. The van der Waals surface area contributed by atoms with Gasteiger partial charge in [-0.25, -0.2) is 4.79 Å². The lowest BCUT2D eigenvalue weighted by atomic mass is 9.90. The smallest absolute Gasteiger partial charge is 0.412 e. The lowest BCUT2D eigenvalue weighted by molar-refractivity contribution is 0.202. The first kappa shape index (κ1) is 17.1. The van der Waals surface area contributed by atoms with Crippen LogP contribution in [0.5, 0.6) is 17.2 Å². The SMILES string of the molecule is CNC(=O)Oc1ccc(OCc2ccc(OC)cc2)c2c1CCCC2. The Balaban J connectivity index is 1.77. The van der Waals surface area contributed by atoms with Crippen LogP contribution in [0.2, 0.25) is 0 Å². The van der Waals surface area contributed by atoms with E-state index in [9.17, 15) is 4.79 Å². The topological polar surface area (TPSA) is 56.8 Å². The molecule has 0 fully saturated rings. The molecule has 2 aromatic carbocycles. The molecular formula is C20H23NO4. The van der Waals surface area contributed by atoms with E-state index in [0.29, 0.717) is 12.4 Å². The fraction of sp³-hybridized carbons (Fsp3) is 0.350. The zero-order valence-electron chi connectivity index (χ0n) is 14.6. The van der Waals surface area contributed by atoms with Crippen LogP contribution in [0.1, 0.15) is 29.5 Å². The average Bonchev–Trinajstić information content (AvgIpc) is 2.67. The van der Waals surface area contributed by atoms with Crippen molar-refractivity contribution >= 4 is 6.09 Å².